The van der Waals surface area contributed by atoms with Gasteiger partial charge in [0, 0.05) is 17.3 Å². The van der Waals surface area contributed by atoms with E-state index in [0.29, 0.717) is 11.3 Å². The van der Waals surface area contributed by atoms with Crippen LogP contribution in [-0.4, -0.2) is 38.0 Å². The van der Waals surface area contributed by atoms with Gasteiger partial charge in [-0.1, -0.05) is 35.3 Å². The summed E-state index contributed by atoms with van der Waals surface area (Å²) in [6, 6.07) is 12.8. The van der Waals surface area contributed by atoms with Crippen molar-refractivity contribution in [1.29, 1.82) is 0 Å². The summed E-state index contributed by atoms with van der Waals surface area (Å²) in [4.78, 5) is 34.9. The average molecular weight is 570 g/mol. The van der Waals surface area contributed by atoms with Crippen LogP contribution in [0.4, 0.5) is 20.1 Å². The third kappa shape index (κ3) is 8.07. The van der Waals surface area contributed by atoms with Crippen LogP contribution in [0.2, 0.25) is 10.0 Å². The van der Waals surface area contributed by atoms with Gasteiger partial charge >= 0.3 is 22.2 Å². The molecular formula is C23H18Cl2FN3O7S. The Morgan fingerprint density at radius 1 is 0.946 bits per heavy atom. The summed E-state index contributed by atoms with van der Waals surface area (Å²) in [5.74, 6) is -1.73. The predicted molar refractivity (Wildman–Crippen MR) is 135 cm³/mol. The second-order valence-electron chi connectivity index (χ2n) is 7.37. The van der Waals surface area contributed by atoms with Crippen molar-refractivity contribution in [1.82, 2.24) is 5.32 Å². The number of carboxylic acids is 1. The van der Waals surface area contributed by atoms with Crippen molar-refractivity contribution in [2.75, 3.05) is 17.2 Å². The van der Waals surface area contributed by atoms with Gasteiger partial charge in [0.15, 0.2) is 6.61 Å². The van der Waals surface area contributed by atoms with Crippen LogP contribution in [0.1, 0.15) is 15.9 Å². The van der Waals surface area contributed by atoms with E-state index < -0.39 is 39.6 Å². The summed E-state index contributed by atoms with van der Waals surface area (Å²) in [7, 11) is -4.93. The lowest BCUT2D eigenvalue weighted by molar-refractivity contribution is -0.123. The average Bonchev–Trinajstić information content (AvgIpc) is 2.83. The highest BCUT2D eigenvalue weighted by molar-refractivity contribution is 7.86. The highest BCUT2D eigenvalue weighted by Crippen LogP contribution is 2.26. The summed E-state index contributed by atoms with van der Waals surface area (Å²) >= 11 is 11.7. The SMILES string of the molecule is O=C(COc1ccc(Cl)cc1C(=O)O)NCc1ccc(NC(=O)Nc2ccc(S(=O)(=O)F)cc2Cl)cc1. The minimum Gasteiger partial charge on any atom is -0.483 e. The number of carboxylic acid groups (broad SMARTS) is 1. The first-order valence-electron chi connectivity index (χ1n) is 10.3. The zero-order chi connectivity index (χ0) is 27.2. The molecule has 0 heterocycles. The Balaban J connectivity index is 1.49. The molecule has 3 aromatic carbocycles. The van der Waals surface area contributed by atoms with Gasteiger partial charge < -0.3 is 25.8 Å². The van der Waals surface area contributed by atoms with Crippen molar-refractivity contribution in [2.24, 2.45) is 0 Å². The van der Waals surface area contributed by atoms with Crippen LogP contribution in [0.25, 0.3) is 0 Å². The van der Waals surface area contributed by atoms with E-state index in [9.17, 15) is 31.8 Å². The second kappa shape index (κ2) is 11.9. The highest BCUT2D eigenvalue weighted by atomic mass is 35.5. The molecule has 0 fully saturated rings. The van der Waals surface area contributed by atoms with E-state index in [1.807, 2.05) is 0 Å². The third-order valence-corrected chi connectivity index (χ3v) is 6.07. The molecule has 4 N–H and O–H groups in total. The first-order chi connectivity index (χ1) is 17.4. The summed E-state index contributed by atoms with van der Waals surface area (Å²) in [6.07, 6.45) is 0. The van der Waals surface area contributed by atoms with E-state index in [1.54, 1.807) is 24.3 Å². The number of ether oxygens (including phenoxy) is 1. The lowest BCUT2D eigenvalue weighted by Gasteiger charge is -2.11. The van der Waals surface area contributed by atoms with E-state index >= 15 is 0 Å². The number of nitrogens with one attached hydrogen (secondary N) is 3. The molecule has 0 radical (unpaired) electrons. The molecule has 194 valence electrons. The number of hydrogen-bond acceptors (Lipinski definition) is 6. The molecule has 0 atom stereocenters. The quantitative estimate of drug-likeness (QED) is 0.273. The molecule has 0 saturated heterocycles. The van der Waals surface area contributed by atoms with Gasteiger partial charge in [-0.25, -0.2) is 9.59 Å². The Morgan fingerprint density at radius 3 is 2.27 bits per heavy atom. The Bertz CT molecular complexity index is 1450. The van der Waals surface area contributed by atoms with Crippen LogP contribution in [0.5, 0.6) is 5.75 Å². The van der Waals surface area contributed by atoms with Gasteiger partial charge in [0.05, 0.1) is 10.7 Å². The molecule has 37 heavy (non-hydrogen) atoms. The van der Waals surface area contributed by atoms with Crippen LogP contribution >= 0.6 is 23.2 Å². The Labute approximate surface area is 220 Å². The van der Waals surface area contributed by atoms with E-state index in [4.69, 9.17) is 27.9 Å². The van der Waals surface area contributed by atoms with E-state index in [0.717, 1.165) is 18.2 Å². The van der Waals surface area contributed by atoms with Crippen molar-refractivity contribution in [3.05, 3.63) is 81.8 Å². The van der Waals surface area contributed by atoms with Crippen LogP contribution in [0.15, 0.2) is 65.6 Å². The molecule has 0 unspecified atom stereocenters. The van der Waals surface area contributed by atoms with E-state index in [1.165, 1.54) is 18.2 Å². The normalized spacial score (nSPS) is 10.9. The van der Waals surface area contributed by atoms with Crippen molar-refractivity contribution in [3.8, 4) is 5.75 Å². The fourth-order valence-corrected chi connectivity index (χ4v) is 3.88. The van der Waals surface area contributed by atoms with Crippen LogP contribution < -0.4 is 20.7 Å². The van der Waals surface area contributed by atoms with Crippen LogP contribution in [0, 0.1) is 0 Å². The molecule has 0 aliphatic carbocycles. The number of benzene rings is 3. The minimum atomic E-state index is -4.93. The lowest BCUT2D eigenvalue weighted by atomic mass is 10.2. The molecule has 0 aliphatic rings. The Hall–Kier alpha value is -3.87. The van der Waals surface area contributed by atoms with Gasteiger partial charge in [0.1, 0.15) is 16.2 Å². The summed E-state index contributed by atoms with van der Waals surface area (Å²) in [6.45, 7) is -0.275. The summed E-state index contributed by atoms with van der Waals surface area (Å²) in [5.41, 5.74) is 1.00. The number of amides is 3. The maximum Gasteiger partial charge on any atom is 0.339 e. The molecule has 10 nitrogen and oxygen atoms in total. The monoisotopic (exact) mass is 569 g/mol. The van der Waals surface area contributed by atoms with Crippen molar-refractivity contribution < 1.29 is 36.5 Å². The molecule has 0 bridgehead atoms. The predicted octanol–water partition coefficient (Wildman–Crippen LogP) is 4.69. The molecule has 14 heteroatoms. The maximum absolute atomic E-state index is 13.0. The zero-order valence-corrected chi connectivity index (χ0v) is 21.0. The number of urea groups is 1. The topological polar surface area (TPSA) is 151 Å². The van der Waals surface area contributed by atoms with Gasteiger partial charge in [-0.2, -0.15) is 8.42 Å². The molecule has 0 spiro atoms. The fourth-order valence-electron chi connectivity index (χ4n) is 2.93. The molecular weight excluding hydrogens is 552 g/mol. The van der Waals surface area contributed by atoms with E-state index in [2.05, 4.69) is 16.0 Å². The highest BCUT2D eigenvalue weighted by Gasteiger charge is 2.16. The molecule has 0 aliphatic heterocycles. The number of carbonyl (C=O) groups excluding carboxylic acids is 2. The Kier molecular flexibility index (Phi) is 8.92. The largest absolute Gasteiger partial charge is 0.483 e. The van der Waals surface area contributed by atoms with Gasteiger partial charge in [0.2, 0.25) is 0 Å². The molecule has 3 rings (SSSR count). The number of anilines is 2. The number of carbonyl (C=O) groups is 3. The maximum atomic E-state index is 13.0. The zero-order valence-electron chi connectivity index (χ0n) is 18.6. The number of halogens is 3. The van der Waals surface area contributed by atoms with Gasteiger partial charge in [-0.3, -0.25) is 4.79 Å². The first kappa shape index (κ1) is 27.7. The standard InChI is InChI=1S/C23H18Cl2FN3O7S/c24-14-3-8-20(17(9-14)22(31)32)36-12-21(30)27-11-13-1-4-15(5-2-13)28-23(33)29-19-7-6-16(10-18(19)25)37(26,34)35/h1-10H,11-12H2,(H,27,30)(H,31,32)(H2,28,29,33). The number of aromatic carboxylic acids is 1. The second-order valence-corrected chi connectivity index (χ2v) is 9.56. The summed E-state index contributed by atoms with van der Waals surface area (Å²) in [5, 5.41) is 16.8. The smallest absolute Gasteiger partial charge is 0.339 e. The van der Waals surface area contributed by atoms with Gasteiger partial charge in [0.25, 0.3) is 5.91 Å². The van der Waals surface area contributed by atoms with Gasteiger partial charge in [-0.15, -0.1) is 3.89 Å². The van der Waals surface area contributed by atoms with Gasteiger partial charge in [-0.05, 0) is 54.1 Å². The third-order valence-electron chi connectivity index (χ3n) is 4.70. The first-order valence-corrected chi connectivity index (χ1v) is 12.4. The number of hydrogen-bond donors (Lipinski definition) is 4. The molecule has 0 aromatic heterocycles. The minimum absolute atomic E-state index is 0.00503. The van der Waals surface area contributed by atoms with Crippen molar-refractivity contribution >= 4 is 62.7 Å². The number of rotatable bonds is 9. The summed E-state index contributed by atoms with van der Waals surface area (Å²) < 4.78 is 40.2. The van der Waals surface area contributed by atoms with Crippen molar-refractivity contribution in [3.63, 3.8) is 0 Å². The van der Waals surface area contributed by atoms with E-state index in [-0.39, 0.29) is 33.6 Å². The fraction of sp³-hybridized carbons (Fsp3) is 0.0870. The van der Waals surface area contributed by atoms with Crippen molar-refractivity contribution in [2.45, 2.75) is 11.4 Å². The lowest BCUT2D eigenvalue weighted by Crippen LogP contribution is -2.28. The molecule has 0 saturated carbocycles. The van der Waals surface area contributed by atoms with Crippen LogP contribution in [0.3, 0.4) is 0 Å². The molecule has 3 aromatic rings. The van der Waals surface area contributed by atoms with Crippen LogP contribution in [-0.2, 0) is 21.6 Å². The Morgan fingerprint density at radius 2 is 1.65 bits per heavy atom. The molecule has 3 amide bonds.